The van der Waals surface area contributed by atoms with E-state index in [2.05, 4.69) is 20.8 Å². The highest BCUT2D eigenvalue weighted by molar-refractivity contribution is 4.97. The van der Waals surface area contributed by atoms with Crippen molar-refractivity contribution >= 4 is 0 Å². The summed E-state index contributed by atoms with van der Waals surface area (Å²) in [5, 5.41) is 9.71. The van der Waals surface area contributed by atoms with E-state index in [1.54, 1.807) is 0 Å². The van der Waals surface area contributed by atoms with E-state index in [4.69, 9.17) is 0 Å². The van der Waals surface area contributed by atoms with Crippen LogP contribution in [0.5, 0.6) is 0 Å². The average molecular weight is 196 g/mol. The fraction of sp³-hybridized carbons (Fsp3) is 1.00. The van der Waals surface area contributed by atoms with E-state index in [-0.39, 0.29) is 6.10 Å². The van der Waals surface area contributed by atoms with Crippen LogP contribution in [0, 0.1) is 23.2 Å². The largest absolute Gasteiger partial charge is 0.393 e. The molecule has 1 N–H and O–H groups in total. The summed E-state index contributed by atoms with van der Waals surface area (Å²) in [7, 11) is 0. The molecule has 82 valence electrons. The lowest BCUT2D eigenvalue weighted by molar-refractivity contribution is -0.0605. The molecule has 5 atom stereocenters. The molecule has 14 heavy (non-hydrogen) atoms. The van der Waals surface area contributed by atoms with Gasteiger partial charge in [0.2, 0.25) is 0 Å². The molecule has 1 nitrogen and oxygen atoms in total. The molecule has 0 aromatic heterocycles. The summed E-state index contributed by atoms with van der Waals surface area (Å²) in [5.41, 5.74) is 0.525. The molecule has 0 aromatic carbocycles. The smallest absolute Gasteiger partial charge is 0.0543 e. The van der Waals surface area contributed by atoms with Gasteiger partial charge in [-0.15, -0.1) is 0 Å². The van der Waals surface area contributed by atoms with Crippen molar-refractivity contribution in [3.63, 3.8) is 0 Å². The average Bonchev–Trinajstić information content (AvgIpc) is 2.16. The van der Waals surface area contributed by atoms with Crippen molar-refractivity contribution in [1.82, 2.24) is 0 Å². The van der Waals surface area contributed by atoms with E-state index < -0.39 is 0 Å². The second kappa shape index (κ2) is 3.52. The number of fused-ring (bicyclic) bond motifs is 1. The van der Waals surface area contributed by atoms with Crippen molar-refractivity contribution < 1.29 is 5.11 Å². The van der Waals surface area contributed by atoms with Crippen molar-refractivity contribution in [3.05, 3.63) is 0 Å². The first-order chi connectivity index (χ1) is 6.54. The number of aliphatic hydroxyl groups excluding tert-OH is 1. The van der Waals surface area contributed by atoms with Gasteiger partial charge in [-0.1, -0.05) is 27.2 Å². The minimum atomic E-state index is -0.00585. The maximum absolute atomic E-state index is 9.71. The minimum Gasteiger partial charge on any atom is -0.393 e. The lowest BCUT2D eigenvalue weighted by Gasteiger charge is -2.53. The Kier molecular flexibility index (Phi) is 2.63. The van der Waals surface area contributed by atoms with Gasteiger partial charge in [0.25, 0.3) is 0 Å². The van der Waals surface area contributed by atoms with E-state index in [0.717, 1.165) is 30.6 Å². The first-order valence-corrected chi connectivity index (χ1v) is 6.22. The standard InChI is InChI=1S/C13H24O/c1-9-4-5-11-8-12(14)6-7-13(11,3)10(9)2/h9-12,14H,4-8H2,1-3H3/t9?,10-,11+,12-,13+/m0/s1. The van der Waals surface area contributed by atoms with E-state index in [0.29, 0.717) is 5.41 Å². The molecule has 0 heterocycles. The number of rotatable bonds is 0. The molecule has 0 aromatic rings. The first-order valence-electron chi connectivity index (χ1n) is 6.22. The fourth-order valence-electron chi connectivity index (χ4n) is 3.81. The minimum absolute atomic E-state index is 0.00585. The van der Waals surface area contributed by atoms with Crippen molar-refractivity contribution in [2.24, 2.45) is 23.2 Å². The molecule has 0 bridgehead atoms. The third-order valence-corrected chi connectivity index (χ3v) is 5.37. The van der Waals surface area contributed by atoms with E-state index >= 15 is 0 Å². The Morgan fingerprint density at radius 2 is 1.86 bits per heavy atom. The van der Waals surface area contributed by atoms with Crippen LogP contribution in [0.2, 0.25) is 0 Å². The second-order valence-electron chi connectivity index (χ2n) is 5.97. The number of hydrogen-bond donors (Lipinski definition) is 1. The van der Waals surface area contributed by atoms with Crippen LogP contribution in [0.4, 0.5) is 0 Å². The van der Waals surface area contributed by atoms with E-state index in [9.17, 15) is 5.11 Å². The predicted molar refractivity (Wildman–Crippen MR) is 59.0 cm³/mol. The van der Waals surface area contributed by atoms with Crippen LogP contribution in [0.15, 0.2) is 0 Å². The van der Waals surface area contributed by atoms with Crippen LogP contribution in [-0.4, -0.2) is 11.2 Å². The molecule has 0 saturated heterocycles. The Balaban J connectivity index is 2.16. The maximum Gasteiger partial charge on any atom is 0.0543 e. The van der Waals surface area contributed by atoms with Gasteiger partial charge in [-0.3, -0.25) is 0 Å². The van der Waals surface area contributed by atoms with Crippen molar-refractivity contribution in [2.75, 3.05) is 0 Å². The Labute approximate surface area is 87.9 Å². The van der Waals surface area contributed by atoms with Crippen LogP contribution < -0.4 is 0 Å². The number of hydrogen-bond acceptors (Lipinski definition) is 1. The fourth-order valence-corrected chi connectivity index (χ4v) is 3.81. The SMILES string of the molecule is CC1CC[C@@H]2C[C@@H](O)CC[C@]2(C)[C@H]1C. The van der Waals surface area contributed by atoms with Crippen LogP contribution in [0.1, 0.15) is 52.9 Å². The van der Waals surface area contributed by atoms with Gasteiger partial charge in [-0.2, -0.15) is 0 Å². The molecule has 1 unspecified atom stereocenters. The normalized spacial score (nSPS) is 54.0. The molecule has 2 saturated carbocycles. The van der Waals surface area contributed by atoms with E-state index in [1.807, 2.05) is 0 Å². The van der Waals surface area contributed by atoms with Crippen LogP contribution in [-0.2, 0) is 0 Å². The van der Waals surface area contributed by atoms with E-state index in [1.165, 1.54) is 19.3 Å². The van der Waals surface area contributed by atoms with Gasteiger partial charge in [0, 0.05) is 0 Å². The Bertz CT molecular complexity index is 213. The molecule has 2 aliphatic carbocycles. The predicted octanol–water partition coefficient (Wildman–Crippen LogP) is 3.22. The van der Waals surface area contributed by atoms with Crippen LogP contribution in [0.3, 0.4) is 0 Å². The van der Waals surface area contributed by atoms with Crippen LogP contribution >= 0.6 is 0 Å². The lowest BCUT2D eigenvalue weighted by atomic mass is 9.53. The summed E-state index contributed by atoms with van der Waals surface area (Å²) in [6.45, 7) is 7.29. The molecule has 0 spiro atoms. The van der Waals surface area contributed by atoms with Crippen molar-refractivity contribution in [1.29, 1.82) is 0 Å². The van der Waals surface area contributed by atoms with Crippen molar-refractivity contribution in [2.45, 2.75) is 59.0 Å². The van der Waals surface area contributed by atoms with Gasteiger partial charge >= 0.3 is 0 Å². The Morgan fingerprint density at radius 3 is 2.57 bits per heavy atom. The third-order valence-electron chi connectivity index (χ3n) is 5.37. The summed E-state index contributed by atoms with van der Waals surface area (Å²) < 4.78 is 0. The molecule has 0 radical (unpaired) electrons. The van der Waals surface area contributed by atoms with Gasteiger partial charge < -0.3 is 5.11 Å². The second-order valence-corrected chi connectivity index (χ2v) is 5.97. The Hall–Kier alpha value is -0.0400. The van der Waals surface area contributed by atoms with Crippen molar-refractivity contribution in [3.8, 4) is 0 Å². The summed E-state index contributed by atoms with van der Waals surface area (Å²) in [4.78, 5) is 0. The molecule has 0 amide bonds. The summed E-state index contributed by atoms with van der Waals surface area (Å²) >= 11 is 0. The molecule has 0 aliphatic heterocycles. The molecule has 2 fully saturated rings. The summed E-state index contributed by atoms with van der Waals surface area (Å²) in [6, 6.07) is 0. The Morgan fingerprint density at radius 1 is 1.14 bits per heavy atom. The zero-order valence-electron chi connectivity index (χ0n) is 9.79. The quantitative estimate of drug-likeness (QED) is 0.630. The topological polar surface area (TPSA) is 20.2 Å². The summed E-state index contributed by atoms with van der Waals surface area (Å²) in [5.74, 6) is 2.51. The van der Waals surface area contributed by atoms with Gasteiger partial charge in [0.1, 0.15) is 0 Å². The first kappa shape index (κ1) is 10.5. The van der Waals surface area contributed by atoms with Gasteiger partial charge in [-0.25, -0.2) is 0 Å². The monoisotopic (exact) mass is 196 g/mol. The zero-order valence-corrected chi connectivity index (χ0v) is 9.79. The van der Waals surface area contributed by atoms with Crippen LogP contribution in [0.25, 0.3) is 0 Å². The van der Waals surface area contributed by atoms with Gasteiger partial charge in [-0.05, 0) is 48.9 Å². The molecular weight excluding hydrogens is 172 g/mol. The third kappa shape index (κ3) is 1.50. The lowest BCUT2D eigenvalue weighted by Crippen LogP contribution is -2.46. The molecule has 2 rings (SSSR count). The zero-order chi connectivity index (χ0) is 10.3. The van der Waals surface area contributed by atoms with Gasteiger partial charge in [0.05, 0.1) is 6.10 Å². The molecular formula is C13H24O. The summed E-state index contributed by atoms with van der Waals surface area (Å²) in [6.07, 6.45) is 6.04. The van der Waals surface area contributed by atoms with Gasteiger partial charge in [0.15, 0.2) is 0 Å². The maximum atomic E-state index is 9.71. The highest BCUT2D eigenvalue weighted by Gasteiger charge is 2.47. The highest BCUT2D eigenvalue weighted by atomic mass is 16.3. The number of aliphatic hydroxyl groups is 1. The molecule has 1 heteroatoms. The molecule has 2 aliphatic rings. The highest BCUT2D eigenvalue weighted by Crippen LogP contribution is 2.54.